The second kappa shape index (κ2) is 11.2. The zero-order chi connectivity index (χ0) is 20.9. The molecule has 1 fully saturated rings. The van der Waals surface area contributed by atoms with Crippen LogP contribution in [-0.4, -0.2) is 59.6 Å². The first-order chi connectivity index (χ1) is 13.9. The highest BCUT2D eigenvalue weighted by atomic mass is 127. The Morgan fingerprint density at radius 1 is 1.10 bits per heavy atom. The van der Waals surface area contributed by atoms with Crippen LogP contribution in [0, 0.1) is 0 Å². The molecule has 2 aromatic carbocycles. The predicted octanol–water partition coefficient (Wildman–Crippen LogP) is 2.76. The molecule has 0 bridgehead atoms. The molecule has 0 unspecified atom stereocenters. The lowest BCUT2D eigenvalue weighted by Crippen LogP contribution is -2.52. The second-order valence-electron chi connectivity index (χ2n) is 6.68. The van der Waals surface area contributed by atoms with Crippen LogP contribution in [0.2, 0.25) is 5.02 Å². The third kappa shape index (κ3) is 5.99. The lowest BCUT2D eigenvalue weighted by molar-refractivity contribution is 0.372. The third-order valence-electron chi connectivity index (χ3n) is 4.91. The van der Waals surface area contributed by atoms with E-state index >= 15 is 0 Å². The van der Waals surface area contributed by atoms with Crippen molar-refractivity contribution in [3.8, 4) is 0 Å². The SMILES string of the molecule is CN=C(NCc1cccc(S(=O)(=O)NC)c1)N1CCN(c2ccccc2Cl)CC1.I. The van der Waals surface area contributed by atoms with Gasteiger partial charge in [-0.1, -0.05) is 35.9 Å². The Bertz CT molecular complexity index is 979. The first-order valence-electron chi connectivity index (χ1n) is 9.42. The monoisotopic (exact) mass is 563 g/mol. The summed E-state index contributed by atoms with van der Waals surface area (Å²) < 4.78 is 26.3. The Morgan fingerprint density at radius 2 is 1.80 bits per heavy atom. The number of nitrogens with one attached hydrogen (secondary N) is 2. The molecule has 0 amide bonds. The fourth-order valence-corrected chi connectivity index (χ4v) is 4.38. The topological polar surface area (TPSA) is 77.0 Å². The first-order valence-corrected chi connectivity index (χ1v) is 11.3. The van der Waals surface area contributed by atoms with Gasteiger partial charge in [0.25, 0.3) is 0 Å². The molecular weight excluding hydrogens is 537 g/mol. The van der Waals surface area contributed by atoms with Crippen molar-refractivity contribution in [3.63, 3.8) is 0 Å². The number of anilines is 1. The van der Waals surface area contributed by atoms with Crippen LogP contribution in [0.15, 0.2) is 58.4 Å². The van der Waals surface area contributed by atoms with Crippen molar-refractivity contribution in [2.75, 3.05) is 45.2 Å². The average Bonchev–Trinajstić information content (AvgIpc) is 2.75. The average molecular weight is 564 g/mol. The number of nitrogens with zero attached hydrogens (tertiary/aromatic N) is 3. The highest BCUT2D eigenvalue weighted by molar-refractivity contribution is 14.0. The van der Waals surface area contributed by atoms with E-state index in [1.54, 1.807) is 25.2 Å². The van der Waals surface area contributed by atoms with Gasteiger partial charge in [0.2, 0.25) is 10.0 Å². The van der Waals surface area contributed by atoms with Crippen molar-refractivity contribution < 1.29 is 8.42 Å². The number of hydrogen-bond acceptors (Lipinski definition) is 4. The van der Waals surface area contributed by atoms with E-state index in [4.69, 9.17) is 11.6 Å². The summed E-state index contributed by atoms with van der Waals surface area (Å²) in [5.74, 6) is 0.797. The molecule has 0 spiro atoms. The first kappa shape index (κ1) is 24.7. The summed E-state index contributed by atoms with van der Waals surface area (Å²) in [5, 5.41) is 4.10. The maximum absolute atomic E-state index is 12.0. The zero-order valence-electron chi connectivity index (χ0n) is 17.0. The summed E-state index contributed by atoms with van der Waals surface area (Å²) in [4.78, 5) is 9.11. The predicted molar refractivity (Wildman–Crippen MR) is 134 cm³/mol. The van der Waals surface area contributed by atoms with Gasteiger partial charge in [-0.15, -0.1) is 24.0 Å². The number of halogens is 2. The Hall–Kier alpha value is -1.56. The minimum absolute atomic E-state index is 0. The van der Waals surface area contributed by atoms with E-state index in [1.807, 2.05) is 30.3 Å². The third-order valence-corrected chi connectivity index (χ3v) is 6.64. The Labute approximate surface area is 200 Å². The molecule has 2 N–H and O–H groups in total. The van der Waals surface area contributed by atoms with Crippen molar-refractivity contribution in [2.45, 2.75) is 11.4 Å². The zero-order valence-corrected chi connectivity index (χ0v) is 20.9. The molecule has 7 nitrogen and oxygen atoms in total. The maximum atomic E-state index is 12.0. The van der Waals surface area contributed by atoms with E-state index in [-0.39, 0.29) is 28.9 Å². The molecule has 0 aliphatic carbocycles. The molecular formula is C20H27ClIN5O2S. The minimum atomic E-state index is -3.46. The summed E-state index contributed by atoms with van der Waals surface area (Å²) >= 11 is 6.32. The molecule has 3 rings (SSSR count). The van der Waals surface area contributed by atoms with Gasteiger partial charge in [-0.05, 0) is 36.9 Å². The van der Waals surface area contributed by atoms with E-state index in [2.05, 4.69) is 24.8 Å². The van der Waals surface area contributed by atoms with Crippen LogP contribution in [0.3, 0.4) is 0 Å². The maximum Gasteiger partial charge on any atom is 0.240 e. The fourth-order valence-electron chi connectivity index (χ4n) is 3.32. The normalized spacial score (nSPS) is 15.0. The van der Waals surface area contributed by atoms with Crippen LogP contribution in [0.5, 0.6) is 0 Å². The largest absolute Gasteiger partial charge is 0.367 e. The molecule has 30 heavy (non-hydrogen) atoms. The molecule has 2 aromatic rings. The second-order valence-corrected chi connectivity index (χ2v) is 8.97. The van der Waals surface area contributed by atoms with Gasteiger partial charge in [-0.25, -0.2) is 13.1 Å². The van der Waals surface area contributed by atoms with Gasteiger partial charge in [-0.2, -0.15) is 0 Å². The van der Waals surface area contributed by atoms with Gasteiger partial charge in [0.1, 0.15) is 0 Å². The lowest BCUT2D eigenvalue weighted by Gasteiger charge is -2.38. The highest BCUT2D eigenvalue weighted by Crippen LogP contribution is 2.26. The fraction of sp³-hybridized carbons (Fsp3) is 0.350. The van der Waals surface area contributed by atoms with Gasteiger partial charge >= 0.3 is 0 Å². The van der Waals surface area contributed by atoms with Crippen molar-refractivity contribution >= 4 is 57.2 Å². The summed E-state index contributed by atoms with van der Waals surface area (Å²) in [6, 6.07) is 14.8. The van der Waals surface area contributed by atoms with Gasteiger partial charge in [0.15, 0.2) is 5.96 Å². The number of guanidine groups is 1. The number of piperazine rings is 1. The van der Waals surface area contributed by atoms with Crippen LogP contribution >= 0.6 is 35.6 Å². The van der Waals surface area contributed by atoms with Crippen molar-refractivity contribution in [3.05, 3.63) is 59.1 Å². The summed E-state index contributed by atoms with van der Waals surface area (Å²) in [5.41, 5.74) is 1.93. The van der Waals surface area contributed by atoms with Crippen LogP contribution in [0.1, 0.15) is 5.56 Å². The molecule has 0 radical (unpaired) electrons. The number of rotatable bonds is 5. The number of sulfonamides is 1. The lowest BCUT2D eigenvalue weighted by atomic mass is 10.2. The van der Waals surface area contributed by atoms with Crippen LogP contribution < -0.4 is 14.9 Å². The Kier molecular flexibility index (Phi) is 9.20. The molecule has 1 saturated heterocycles. The van der Waals surface area contributed by atoms with Crippen LogP contribution in [0.25, 0.3) is 0 Å². The quantitative estimate of drug-likeness (QED) is 0.332. The van der Waals surface area contributed by atoms with Crippen molar-refractivity contribution in [1.29, 1.82) is 0 Å². The molecule has 164 valence electrons. The van der Waals surface area contributed by atoms with E-state index < -0.39 is 10.0 Å². The molecule has 10 heteroatoms. The van der Waals surface area contributed by atoms with Crippen LogP contribution in [0.4, 0.5) is 5.69 Å². The molecule has 0 saturated carbocycles. The van der Waals surface area contributed by atoms with E-state index in [0.29, 0.717) is 6.54 Å². The number of hydrogen-bond donors (Lipinski definition) is 2. The molecule has 0 aromatic heterocycles. The number of benzene rings is 2. The molecule has 0 atom stereocenters. The minimum Gasteiger partial charge on any atom is -0.367 e. The smallest absolute Gasteiger partial charge is 0.240 e. The summed E-state index contributed by atoms with van der Waals surface area (Å²) in [7, 11) is -0.294. The number of aliphatic imine (C=N–C) groups is 1. The Morgan fingerprint density at radius 3 is 2.43 bits per heavy atom. The van der Waals surface area contributed by atoms with Gasteiger partial charge in [0, 0.05) is 39.8 Å². The molecule has 1 heterocycles. The van der Waals surface area contributed by atoms with Crippen molar-refractivity contribution in [2.24, 2.45) is 4.99 Å². The Balaban J connectivity index is 0.00000320. The summed E-state index contributed by atoms with van der Waals surface area (Å²) in [6.45, 7) is 3.82. The van der Waals surface area contributed by atoms with Crippen LogP contribution in [-0.2, 0) is 16.6 Å². The van der Waals surface area contributed by atoms with E-state index in [9.17, 15) is 8.42 Å². The van der Waals surface area contributed by atoms with Crippen molar-refractivity contribution in [1.82, 2.24) is 14.9 Å². The van der Waals surface area contributed by atoms with E-state index in [0.717, 1.165) is 48.4 Å². The number of para-hydroxylation sites is 1. The van der Waals surface area contributed by atoms with Gasteiger partial charge in [-0.3, -0.25) is 4.99 Å². The van der Waals surface area contributed by atoms with E-state index in [1.165, 1.54) is 7.05 Å². The molecule has 1 aliphatic rings. The molecule has 1 aliphatic heterocycles. The standard InChI is InChI=1S/C20H26ClN5O2S.HI/c1-22-20(24-15-16-6-5-7-17(14-16)29(27,28)23-2)26-12-10-25(11-13-26)19-9-4-3-8-18(19)21;/h3-9,14,23H,10-13,15H2,1-2H3,(H,22,24);1H. The van der Waals surface area contributed by atoms with Gasteiger partial charge in [0.05, 0.1) is 15.6 Å². The van der Waals surface area contributed by atoms with Gasteiger partial charge < -0.3 is 15.1 Å². The summed E-state index contributed by atoms with van der Waals surface area (Å²) in [6.07, 6.45) is 0. The highest BCUT2D eigenvalue weighted by Gasteiger charge is 2.21.